The van der Waals surface area contributed by atoms with Crippen molar-refractivity contribution in [1.29, 1.82) is 0 Å². The molecule has 4 nitrogen and oxygen atoms in total. The lowest BCUT2D eigenvalue weighted by Crippen LogP contribution is -2.42. The second-order valence-corrected chi connectivity index (χ2v) is 6.78. The average Bonchev–Trinajstić information content (AvgIpc) is 2.60. The van der Waals surface area contributed by atoms with Gasteiger partial charge in [0.1, 0.15) is 12.4 Å². The number of ether oxygens (including phenoxy) is 2. The number of benzene rings is 2. The molecule has 7 heteroatoms. The minimum Gasteiger partial charge on any atom is -0.493 e. The molecule has 0 aliphatic carbocycles. The summed E-state index contributed by atoms with van der Waals surface area (Å²) in [7, 11) is 1.55. The van der Waals surface area contributed by atoms with E-state index in [-0.39, 0.29) is 31.2 Å². The summed E-state index contributed by atoms with van der Waals surface area (Å²) >= 11 is 6.01. The molecular weight excluding hydrogens is 380 g/mol. The van der Waals surface area contributed by atoms with E-state index in [0.717, 1.165) is 5.56 Å². The van der Waals surface area contributed by atoms with Gasteiger partial charge < -0.3 is 19.9 Å². The molecule has 26 heavy (non-hydrogen) atoms. The first-order chi connectivity index (χ1) is 11.9. The van der Waals surface area contributed by atoms with E-state index in [1.807, 2.05) is 26.0 Å². The van der Waals surface area contributed by atoms with E-state index in [0.29, 0.717) is 28.6 Å². The van der Waals surface area contributed by atoms with Crippen molar-refractivity contribution >= 4 is 24.0 Å². The first kappa shape index (κ1) is 22.5. The van der Waals surface area contributed by atoms with Crippen molar-refractivity contribution in [2.75, 3.05) is 13.7 Å². The van der Waals surface area contributed by atoms with Gasteiger partial charge in [-0.05, 0) is 43.7 Å². The molecular formula is C19H24Cl2FNO3. The molecule has 144 valence electrons. The van der Waals surface area contributed by atoms with Crippen LogP contribution in [-0.4, -0.2) is 24.4 Å². The minimum atomic E-state index is -0.404. The predicted molar refractivity (Wildman–Crippen MR) is 104 cm³/mol. The second-order valence-electron chi connectivity index (χ2n) is 6.37. The van der Waals surface area contributed by atoms with Gasteiger partial charge in [-0.3, -0.25) is 0 Å². The maximum absolute atomic E-state index is 13.8. The first-order valence-corrected chi connectivity index (χ1v) is 8.32. The van der Waals surface area contributed by atoms with Gasteiger partial charge in [0.2, 0.25) is 0 Å². The highest BCUT2D eigenvalue weighted by Crippen LogP contribution is 2.30. The van der Waals surface area contributed by atoms with E-state index in [9.17, 15) is 9.50 Å². The second kappa shape index (κ2) is 9.97. The van der Waals surface area contributed by atoms with Crippen LogP contribution in [0.25, 0.3) is 0 Å². The van der Waals surface area contributed by atoms with E-state index in [2.05, 4.69) is 5.32 Å². The van der Waals surface area contributed by atoms with Crippen LogP contribution >= 0.6 is 24.0 Å². The van der Waals surface area contributed by atoms with Gasteiger partial charge in [-0.2, -0.15) is 0 Å². The summed E-state index contributed by atoms with van der Waals surface area (Å²) in [5, 5.41) is 12.9. The van der Waals surface area contributed by atoms with Crippen molar-refractivity contribution in [2.45, 2.75) is 32.5 Å². The lowest BCUT2D eigenvalue weighted by atomic mass is 10.1. The van der Waals surface area contributed by atoms with Gasteiger partial charge in [0.15, 0.2) is 11.5 Å². The quantitative estimate of drug-likeness (QED) is 0.687. The third-order valence-electron chi connectivity index (χ3n) is 3.83. The molecule has 0 heterocycles. The molecule has 0 saturated carbocycles. The van der Waals surface area contributed by atoms with Crippen LogP contribution in [0.2, 0.25) is 5.02 Å². The molecule has 2 aromatic carbocycles. The summed E-state index contributed by atoms with van der Waals surface area (Å²) in [6.07, 6.45) is 0. The fraction of sp³-hybridized carbons (Fsp3) is 0.368. The molecule has 0 aliphatic heterocycles. The van der Waals surface area contributed by atoms with Gasteiger partial charge in [0, 0.05) is 17.6 Å². The first-order valence-electron chi connectivity index (χ1n) is 7.95. The lowest BCUT2D eigenvalue weighted by Gasteiger charge is -2.23. The largest absolute Gasteiger partial charge is 0.493 e. The fourth-order valence-electron chi connectivity index (χ4n) is 2.16. The summed E-state index contributed by atoms with van der Waals surface area (Å²) in [6, 6.07) is 10.0. The predicted octanol–water partition coefficient (Wildman–Crippen LogP) is 4.35. The molecule has 0 amide bonds. The molecule has 2 rings (SSSR count). The Morgan fingerprint density at radius 2 is 1.92 bits per heavy atom. The number of nitrogens with one attached hydrogen (secondary N) is 1. The molecule has 2 aromatic rings. The summed E-state index contributed by atoms with van der Waals surface area (Å²) in [6.45, 7) is 4.45. The van der Waals surface area contributed by atoms with Crippen molar-refractivity contribution < 1.29 is 19.0 Å². The number of halogens is 3. The topological polar surface area (TPSA) is 50.7 Å². The molecule has 2 N–H and O–H groups in total. The Labute approximate surface area is 164 Å². The Balaban J connectivity index is 0.00000338. The van der Waals surface area contributed by atoms with Gasteiger partial charge in [-0.25, -0.2) is 4.39 Å². The van der Waals surface area contributed by atoms with Crippen LogP contribution in [0.1, 0.15) is 25.0 Å². The van der Waals surface area contributed by atoms with Crippen molar-refractivity contribution in [3.05, 3.63) is 58.4 Å². The van der Waals surface area contributed by atoms with E-state index >= 15 is 0 Å². The van der Waals surface area contributed by atoms with Gasteiger partial charge in [0.25, 0.3) is 0 Å². The van der Waals surface area contributed by atoms with E-state index in [4.69, 9.17) is 21.1 Å². The highest BCUT2D eigenvalue weighted by Gasteiger charge is 2.16. The number of methoxy groups -OCH3 is 1. The summed E-state index contributed by atoms with van der Waals surface area (Å²) in [5.74, 6) is 0.652. The van der Waals surface area contributed by atoms with Crippen molar-refractivity contribution in [3.63, 3.8) is 0 Å². The number of aliphatic hydroxyl groups is 1. The Bertz CT molecular complexity index is 706. The lowest BCUT2D eigenvalue weighted by molar-refractivity contribution is 0.187. The molecule has 0 radical (unpaired) electrons. The normalized spacial score (nSPS) is 11.0. The number of aliphatic hydroxyl groups excluding tert-OH is 1. The summed E-state index contributed by atoms with van der Waals surface area (Å²) in [5.41, 5.74) is 0.917. The van der Waals surface area contributed by atoms with Gasteiger partial charge in [-0.1, -0.05) is 23.7 Å². The van der Waals surface area contributed by atoms with Crippen LogP contribution in [0, 0.1) is 5.82 Å². The molecule has 0 bridgehead atoms. The molecule has 0 aromatic heterocycles. The Hall–Kier alpha value is -1.53. The highest BCUT2D eigenvalue weighted by atomic mass is 35.5. The Kier molecular flexibility index (Phi) is 8.63. The van der Waals surface area contributed by atoms with E-state index in [1.54, 1.807) is 25.3 Å². The Morgan fingerprint density at radius 3 is 2.54 bits per heavy atom. The van der Waals surface area contributed by atoms with Crippen molar-refractivity contribution in [3.8, 4) is 11.5 Å². The number of hydrogen-bond donors (Lipinski definition) is 2. The van der Waals surface area contributed by atoms with Crippen molar-refractivity contribution in [2.24, 2.45) is 0 Å². The molecule has 0 unspecified atom stereocenters. The number of rotatable bonds is 8. The van der Waals surface area contributed by atoms with Crippen LogP contribution < -0.4 is 14.8 Å². The zero-order valence-corrected chi connectivity index (χ0v) is 16.6. The molecule has 0 atom stereocenters. The van der Waals surface area contributed by atoms with Crippen LogP contribution in [-0.2, 0) is 13.2 Å². The van der Waals surface area contributed by atoms with Gasteiger partial charge in [-0.15, -0.1) is 12.4 Å². The third-order valence-corrected chi connectivity index (χ3v) is 4.18. The molecule has 0 fully saturated rings. The van der Waals surface area contributed by atoms with Crippen LogP contribution in [0.4, 0.5) is 4.39 Å². The Morgan fingerprint density at radius 1 is 1.19 bits per heavy atom. The van der Waals surface area contributed by atoms with E-state index in [1.165, 1.54) is 6.07 Å². The molecule has 0 spiro atoms. The third kappa shape index (κ3) is 6.02. The highest BCUT2D eigenvalue weighted by molar-refractivity contribution is 6.31. The molecule has 0 saturated heterocycles. The maximum Gasteiger partial charge on any atom is 0.161 e. The smallest absolute Gasteiger partial charge is 0.161 e. The molecule has 0 aliphatic rings. The van der Waals surface area contributed by atoms with Gasteiger partial charge in [0.05, 0.1) is 18.7 Å². The van der Waals surface area contributed by atoms with Crippen molar-refractivity contribution in [1.82, 2.24) is 5.32 Å². The minimum absolute atomic E-state index is 0. The SMILES string of the molecule is COc1cc(CNC(C)(C)CO)ccc1OCc1c(F)cccc1Cl.Cl. The van der Waals surface area contributed by atoms with Crippen LogP contribution in [0.3, 0.4) is 0 Å². The number of hydrogen-bond acceptors (Lipinski definition) is 4. The zero-order valence-electron chi connectivity index (χ0n) is 15.0. The standard InChI is InChI=1S/C19H23ClFNO3.ClH/c1-19(2,12-23)22-10-13-7-8-17(18(9-13)24-3)25-11-14-15(20)5-4-6-16(14)21;/h4-9,22-23H,10-12H2,1-3H3;1H. The zero-order chi connectivity index (χ0) is 18.4. The summed E-state index contributed by atoms with van der Waals surface area (Å²) < 4.78 is 24.9. The van der Waals surface area contributed by atoms with Gasteiger partial charge >= 0.3 is 0 Å². The monoisotopic (exact) mass is 403 g/mol. The average molecular weight is 404 g/mol. The van der Waals surface area contributed by atoms with E-state index < -0.39 is 5.82 Å². The fourth-order valence-corrected chi connectivity index (χ4v) is 2.38. The van der Waals surface area contributed by atoms with Crippen LogP contribution in [0.15, 0.2) is 36.4 Å². The summed E-state index contributed by atoms with van der Waals surface area (Å²) in [4.78, 5) is 0. The van der Waals surface area contributed by atoms with Crippen LogP contribution in [0.5, 0.6) is 11.5 Å². The maximum atomic E-state index is 13.8.